The molecule has 0 radical (unpaired) electrons. The standard InChI is InChI=1S/C42H53N7O10/c1-4-55-38(50)33(23-29-15-9-6-10-16-29)44-27-42(53,48-34(39(51)56-5-2)24-30-17-11-7-12-18-30)28-59-32(26-58-31-19-13-8-14-20-31)25-49-37-35(45-41(49)52)36(43)46-40(47-37)57-22-21-54-3/h6-20,32-34,44,48,53H,4-5,21-28H2,1-3H3,(H,45,52)(H2,43,46,47). The summed E-state index contributed by atoms with van der Waals surface area (Å²) in [5, 5.41) is 18.8. The monoisotopic (exact) mass is 815 g/mol. The van der Waals surface area contributed by atoms with Gasteiger partial charge in [-0.1, -0.05) is 78.9 Å². The van der Waals surface area contributed by atoms with Gasteiger partial charge < -0.3 is 44.2 Å². The second-order valence-corrected chi connectivity index (χ2v) is 13.6. The summed E-state index contributed by atoms with van der Waals surface area (Å²) in [6.07, 6.45) is -0.509. The number of aromatic nitrogens is 4. The van der Waals surface area contributed by atoms with Crippen LogP contribution in [-0.4, -0.2) is 114 Å². The number of hydrogen-bond acceptors (Lipinski definition) is 15. The molecule has 3 aromatic carbocycles. The number of aliphatic hydroxyl groups is 1. The van der Waals surface area contributed by atoms with Crippen LogP contribution in [0.1, 0.15) is 25.0 Å². The number of nitrogens with two attached hydrogens (primary N) is 1. The molecule has 0 saturated carbocycles. The lowest BCUT2D eigenvalue weighted by atomic mass is 10.0. The van der Waals surface area contributed by atoms with E-state index in [1.165, 1.54) is 11.7 Å². The first-order chi connectivity index (χ1) is 28.6. The van der Waals surface area contributed by atoms with Crippen LogP contribution in [0.4, 0.5) is 5.82 Å². The first-order valence-electron chi connectivity index (χ1n) is 19.4. The summed E-state index contributed by atoms with van der Waals surface area (Å²) in [4.78, 5) is 51.5. The zero-order chi connectivity index (χ0) is 42.0. The van der Waals surface area contributed by atoms with Gasteiger partial charge >= 0.3 is 23.6 Å². The highest BCUT2D eigenvalue weighted by Gasteiger charge is 2.37. The average molecular weight is 816 g/mol. The number of nitrogens with one attached hydrogen (secondary N) is 3. The summed E-state index contributed by atoms with van der Waals surface area (Å²) < 4.78 is 35.4. The fourth-order valence-corrected chi connectivity index (χ4v) is 6.18. The smallest absolute Gasteiger partial charge is 0.327 e. The number of hydrogen-bond donors (Lipinski definition) is 5. The zero-order valence-electron chi connectivity index (χ0n) is 33.5. The third kappa shape index (κ3) is 13.3. The lowest BCUT2D eigenvalue weighted by Gasteiger charge is -2.35. The number of anilines is 1. The molecule has 6 N–H and O–H groups in total. The van der Waals surface area contributed by atoms with Crippen LogP contribution in [0.25, 0.3) is 11.2 Å². The van der Waals surface area contributed by atoms with Crippen molar-refractivity contribution >= 4 is 28.9 Å². The molecule has 0 saturated heterocycles. The molecular weight excluding hydrogens is 763 g/mol. The largest absolute Gasteiger partial charge is 0.491 e. The summed E-state index contributed by atoms with van der Waals surface area (Å²) in [6.45, 7) is 3.10. The molecule has 0 fully saturated rings. The predicted molar refractivity (Wildman–Crippen MR) is 219 cm³/mol. The topological polar surface area (TPSA) is 223 Å². The highest BCUT2D eigenvalue weighted by atomic mass is 16.6. The zero-order valence-corrected chi connectivity index (χ0v) is 33.5. The minimum absolute atomic E-state index is 0.00370. The van der Waals surface area contributed by atoms with Gasteiger partial charge in [0.1, 0.15) is 42.7 Å². The molecule has 0 aliphatic carbocycles. The third-order valence-corrected chi connectivity index (χ3v) is 9.06. The minimum atomic E-state index is -2.03. The molecule has 0 bridgehead atoms. The van der Waals surface area contributed by atoms with E-state index in [1.807, 2.05) is 78.9 Å². The number of para-hydroxylation sites is 1. The Bertz CT molecular complexity index is 2100. The maximum Gasteiger partial charge on any atom is 0.327 e. The average Bonchev–Trinajstić information content (AvgIpc) is 3.56. The van der Waals surface area contributed by atoms with Crippen LogP contribution < -0.4 is 31.5 Å². The van der Waals surface area contributed by atoms with Gasteiger partial charge in [-0.2, -0.15) is 9.97 Å². The molecule has 0 amide bonds. The second kappa shape index (κ2) is 22.3. The molecule has 0 aliphatic heterocycles. The molecule has 4 atom stereocenters. The number of carbonyl (C=O) groups is 2. The van der Waals surface area contributed by atoms with Gasteiger partial charge in [0, 0.05) is 13.7 Å². The number of benzene rings is 3. The Labute approximate surface area is 342 Å². The highest BCUT2D eigenvalue weighted by molar-refractivity contribution is 5.82. The van der Waals surface area contributed by atoms with Crippen molar-refractivity contribution in [1.29, 1.82) is 0 Å². The third-order valence-electron chi connectivity index (χ3n) is 9.06. The molecule has 5 aromatic rings. The lowest BCUT2D eigenvalue weighted by molar-refractivity contribution is -0.153. The fourth-order valence-electron chi connectivity index (χ4n) is 6.18. The fraction of sp³-hybridized carbons (Fsp3) is 0.405. The van der Waals surface area contributed by atoms with E-state index in [-0.39, 0.29) is 82.0 Å². The number of H-pyrrole nitrogens is 1. The van der Waals surface area contributed by atoms with Gasteiger partial charge in [0.25, 0.3) is 0 Å². The Kier molecular flexibility index (Phi) is 16.8. The molecule has 17 nitrogen and oxygen atoms in total. The van der Waals surface area contributed by atoms with E-state index in [2.05, 4.69) is 25.6 Å². The Balaban J connectivity index is 1.47. The summed E-state index contributed by atoms with van der Waals surface area (Å²) >= 11 is 0. The number of aromatic amines is 1. The van der Waals surface area contributed by atoms with Crippen molar-refractivity contribution in [2.45, 2.75) is 57.1 Å². The van der Waals surface area contributed by atoms with Crippen molar-refractivity contribution < 1.29 is 43.1 Å². The van der Waals surface area contributed by atoms with Gasteiger partial charge in [-0.05, 0) is 49.9 Å². The van der Waals surface area contributed by atoms with E-state index in [0.29, 0.717) is 5.75 Å². The molecule has 17 heteroatoms. The van der Waals surface area contributed by atoms with Gasteiger partial charge in [-0.15, -0.1) is 0 Å². The Hall–Kier alpha value is -5.85. The molecule has 4 unspecified atom stereocenters. The highest BCUT2D eigenvalue weighted by Crippen LogP contribution is 2.20. The first-order valence-corrected chi connectivity index (χ1v) is 19.4. The van der Waals surface area contributed by atoms with Gasteiger partial charge in [-0.3, -0.25) is 24.8 Å². The van der Waals surface area contributed by atoms with E-state index in [4.69, 9.17) is 34.2 Å². The van der Waals surface area contributed by atoms with Crippen molar-refractivity contribution in [3.63, 3.8) is 0 Å². The Morgan fingerprint density at radius 1 is 0.847 bits per heavy atom. The summed E-state index contributed by atoms with van der Waals surface area (Å²) in [5.41, 5.74) is 5.63. The van der Waals surface area contributed by atoms with Gasteiger partial charge in [0.15, 0.2) is 17.2 Å². The molecule has 316 valence electrons. The molecule has 59 heavy (non-hydrogen) atoms. The molecule has 0 spiro atoms. The minimum Gasteiger partial charge on any atom is -0.491 e. The van der Waals surface area contributed by atoms with Crippen LogP contribution >= 0.6 is 0 Å². The maximum absolute atomic E-state index is 13.5. The number of nitrogens with zero attached hydrogens (tertiary/aromatic N) is 3. The Morgan fingerprint density at radius 2 is 1.44 bits per heavy atom. The van der Waals surface area contributed by atoms with Crippen molar-refractivity contribution in [3.8, 4) is 11.8 Å². The number of fused-ring (bicyclic) bond motifs is 1. The van der Waals surface area contributed by atoms with Crippen LogP contribution in [0, 0.1) is 0 Å². The number of nitrogen functional groups attached to an aromatic ring is 1. The number of imidazole rings is 1. The summed E-state index contributed by atoms with van der Waals surface area (Å²) in [5.74, 6) is -0.594. The number of carbonyl (C=O) groups excluding carboxylic acids is 2. The predicted octanol–water partition coefficient (Wildman–Crippen LogP) is 2.41. The van der Waals surface area contributed by atoms with Crippen molar-refractivity contribution in [2.75, 3.05) is 59.0 Å². The molecule has 0 aliphatic rings. The molecule has 5 rings (SSSR count). The number of ether oxygens (including phenoxy) is 6. The van der Waals surface area contributed by atoms with Gasteiger partial charge in [-0.25, -0.2) is 4.79 Å². The maximum atomic E-state index is 13.5. The van der Waals surface area contributed by atoms with E-state index in [9.17, 15) is 19.5 Å². The van der Waals surface area contributed by atoms with Crippen LogP contribution in [-0.2, 0) is 47.9 Å². The quantitative estimate of drug-likeness (QED) is 0.0324. The Morgan fingerprint density at radius 3 is 2.05 bits per heavy atom. The van der Waals surface area contributed by atoms with Crippen molar-refractivity contribution in [3.05, 3.63) is 113 Å². The van der Waals surface area contributed by atoms with Crippen LogP contribution in [0.2, 0.25) is 0 Å². The van der Waals surface area contributed by atoms with Crippen LogP contribution in [0.3, 0.4) is 0 Å². The first kappa shape index (κ1) is 44.3. The summed E-state index contributed by atoms with van der Waals surface area (Å²) in [6, 6.07) is 25.7. The van der Waals surface area contributed by atoms with Crippen LogP contribution in [0.15, 0.2) is 95.8 Å². The number of rotatable bonds is 25. The van der Waals surface area contributed by atoms with Gasteiger partial charge in [0.2, 0.25) is 0 Å². The molecular formula is C42H53N7O10. The SMILES string of the molecule is CCOC(=O)C(Cc1ccccc1)NCC(O)(COC(COc1ccccc1)Cn1c(=O)[nH]c2c(N)nc(OCCOC)nc21)NC(Cc1ccccc1)C(=O)OCC. The lowest BCUT2D eigenvalue weighted by Crippen LogP contribution is -2.63. The number of methoxy groups -OCH3 is 1. The second-order valence-electron chi connectivity index (χ2n) is 13.6. The number of esters is 2. The van der Waals surface area contributed by atoms with Gasteiger partial charge in [0.05, 0.1) is 33.0 Å². The van der Waals surface area contributed by atoms with Crippen LogP contribution in [0.5, 0.6) is 11.8 Å². The normalized spacial score (nSPS) is 13.9. The van der Waals surface area contributed by atoms with E-state index in [1.54, 1.807) is 26.0 Å². The van der Waals surface area contributed by atoms with E-state index in [0.717, 1.165) is 11.1 Å². The van der Waals surface area contributed by atoms with E-state index >= 15 is 0 Å². The molecule has 2 heterocycles. The summed E-state index contributed by atoms with van der Waals surface area (Å²) in [7, 11) is 1.53. The van der Waals surface area contributed by atoms with Crippen molar-refractivity contribution in [1.82, 2.24) is 30.2 Å². The molecule has 2 aromatic heterocycles. The van der Waals surface area contributed by atoms with E-state index < -0.39 is 48.1 Å². The van der Waals surface area contributed by atoms with Crippen molar-refractivity contribution in [2.24, 2.45) is 0 Å².